The second kappa shape index (κ2) is 6.72. The van der Waals surface area contributed by atoms with E-state index in [0.29, 0.717) is 0 Å². The number of nitrogens with two attached hydrogens (primary N) is 1. The molecule has 1 fully saturated rings. The number of ether oxygens (including phenoxy) is 1. The molecular weight excluding hydrogens is 254 g/mol. The highest BCUT2D eigenvalue weighted by Crippen LogP contribution is 2.19. The molecule has 1 heterocycles. The SMILES string of the molecule is CC(N)C(C)C(=O)Nc1ccc(N2CCOCC2)cc1. The molecule has 0 saturated carbocycles. The molecule has 20 heavy (non-hydrogen) atoms. The first-order valence-corrected chi connectivity index (χ1v) is 7.07. The summed E-state index contributed by atoms with van der Waals surface area (Å²) in [5, 5.41) is 2.89. The quantitative estimate of drug-likeness (QED) is 0.874. The lowest BCUT2D eigenvalue weighted by molar-refractivity contribution is -0.119. The highest BCUT2D eigenvalue weighted by molar-refractivity contribution is 5.92. The zero-order valence-electron chi connectivity index (χ0n) is 12.1. The van der Waals surface area contributed by atoms with Crippen LogP contribution in [0.3, 0.4) is 0 Å². The Balaban J connectivity index is 1.96. The lowest BCUT2D eigenvalue weighted by Gasteiger charge is -2.29. The van der Waals surface area contributed by atoms with E-state index in [2.05, 4.69) is 10.2 Å². The fourth-order valence-electron chi connectivity index (χ4n) is 2.07. The molecular formula is C15H23N3O2. The molecule has 110 valence electrons. The molecule has 1 aliphatic heterocycles. The minimum absolute atomic E-state index is 0.0425. The predicted octanol–water partition coefficient (Wildman–Crippen LogP) is 1.44. The Morgan fingerprint density at radius 2 is 1.85 bits per heavy atom. The van der Waals surface area contributed by atoms with Gasteiger partial charge in [0.2, 0.25) is 5.91 Å². The molecule has 5 heteroatoms. The fourth-order valence-corrected chi connectivity index (χ4v) is 2.07. The van der Waals surface area contributed by atoms with Crippen LogP contribution in [0.2, 0.25) is 0 Å². The number of nitrogens with one attached hydrogen (secondary N) is 1. The zero-order chi connectivity index (χ0) is 14.5. The van der Waals surface area contributed by atoms with Crippen LogP contribution in [0.15, 0.2) is 24.3 Å². The summed E-state index contributed by atoms with van der Waals surface area (Å²) in [5.74, 6) is -0.243. The molecule has 3 N–H and O–H groups in total. The van der Waals surface area contributed by atoms with Crippen molar-refractivity contribution in [2.45, 2.75) is 19.9 Å². The number of rotatable bonds is 4. The van der Waals surface area contributed by atoms with Crippen LogP contribution in [0.5, 0.6) is 0 Å². The van der Waals surface area contributed by atoms with Gasteiger partial charge < -0.3 is 20.7 Å². The lowest BCUT2D eigenvalue weighted by Crippen LogP contribution is -2.36. The van der Waals surface area contributed by atoms with Crippen LogP contribution in [0.4, 0.5) is 11.4 Å². The Kier molecular flexibility index (Phi) is 4.98. The maximum atomic E-state index is 11.9. The maximum Gasteiger partial charge on any atom is 0.228 e. The Morgan fingerprint density at radius 3 is 2.40 bits per heavy atom. The van der Waals surface area contributed by atoms with E-state index in [-0.39, 0.29) is 17.9 Å². The number of hydrogen-bond acceptors (Lipinski definition) is 4. The van der Waals surface area contributed by atoms with Crippen molar-refractivity contribution in [3.05, 3.63) is 24.3 Å². The van der Waals surface area contributed by atoms with Crippen LogP contribution in [0.1, 0.15) is 13.8 Å². The van der Waals surface area contributed by atoms with Crippen LogP contribution < -0.4 is 16.0 Å². The van der Waals surface area contributed by atoms with Crippen LogP contribution in [0.25, 0.3) is 0 Å². The monoisotopic (exact) mass is 277 g/mol. The summed E-state index contributed by atoms with van der Waals surface area (Å²) >= 11 is 0. The molecule has 1 saturated heterocycles. The van der Waals surface area contributed by atoms with Gasteiger partial charge in [-0.05, 0) is 31.2 Å². The summed E-state index contributed by atoms with van der Waals surface area (Å²) in [6.07, 6.45) is 0. The summed E-state index contributed by atoms with van der Waals surface area (Å²) < 4.78 is 5.34. The van der Waals surface area contributed by atoms with Crippen LogP contribution in [-0.4, -0.2) is 38.3 Å². The molecule has 1 aromatic rings. The third-order valence-electron chi connectivity index (χ3n) is 3.71. The van der Waals surface area contributed by atoms with Gasteiger partial charge in [0, 0.05) is 30.5 Å². The largest absolute Gasteiger partial charge is 0.378 e. The zero-order valence-corrected chi connectivity index (χ0v) is 12.1. The first kappa shape index (κ1) is 14.8. The normalized spacial score (nSPS) is 18.4. The molecule has 5 nitrogen and oxygen atoms in total. The van der Waals surface area contributed by atoms with E-state index in [1.165, 1.54) is 0 Å². The number of hydrogen-bond donors (Lipinski definition) is 2. The van der Waals surface area contributed by atoms with Gasteiger partial charge in [0.1, 0.15) is 0 Å². The molecule has 0 aliphatic carbocycles. The van der Waals surface area contributed by atoms with Crippen LogP contribution >= 0.6 is 0 Å². The van der Waals surface area contributed by atoms with Crippen molar-refractivity contribution in [2.75, 3.05) is 36.5 Å². The van der Waals surface area contributed by atoms with E-state index < -0.39 is 0 Å². The fraction of sp³-hybridized carbons (Fsp3) is 0.533. The third kappa shape index (κ3) is 3.71. The Morgan fingerprint density at radius 1 is 1.25 bits per heavy atom. The summed E-state index contributed by atoms with van der Waals surface area (Å²) in [5.41, 5.74) is 7.70. The molecule has 2 rings (SSSR count). The van der Waals surface area contributed by atoms with Crippen LogP contribution in [0, 0.1) is 5.92 Å². The number of amides is 1. The van der Waals surface area contributed by atoms with Crippen molar-refractivity contribution in [1.82, 2.24) is 0 Å². The van der Waals surface area contributed by atoms with Gasteiger partial charge in [-0.25, -0.2) is 0 Å². The average molecular weight is 277 g/mol. The maximum absolute atomic E-state index is 11.9. The molecule has 0 spiro atoms. The molecule has 1 aliphatic rings. The number of morpholine rings is 1. The average Bonchev–Trinajstić information content (AvgIpc) is 2.48. The Hall–Kier alpha value is -1.59. The predicted molar refractivity (Wildman–Crippen MR) is 80.9 cm³/mol. The second-order valence-corrected chi connectivity index (χ2v) is 5.28. The smallest absolute Gasteiger partial charge is 0.228 e. The summed E-state index contributed by atoms with van der Waals surface area (Å²) in [6, 6.07) is 7.75. The van der Waals surface area contributed by atoms with Gasteiger partial charge in [0.15, 0.2) is 0 Å². The number of nitrogens with zero attached hydrogens (tertiary/aromatic N) is 1. The minimum atomic E-state index is -0.200. The molecule has 0 radical (unpaired) electrons. The Bertz CT molecular complexity index is 439. The van der Waals surface area contributed by atoms with Crippen LogP contribution in [-0.2, 0) is 9.53 Å². The number of anilines is 2. The van der Waals surface area contributed by atoms with E-state index in [1.54, 1.807) is 0 Å². The summed E-state index contributed by atoms with van der Waals surface area (Å²) in [4.78, 5) is 14.2. The van der Waals surface area contributed by atoms with Crippen molar-refractivity contribution in [3.8, 4) is 0 Å². The minimum Gasteiger partial charge on any atom is -0.378 e. The number of benzene rings is 1. The van der Waals surface area contributed by atoms with E-state index >= 15 is 0 Å². The highest BCUT2D eigenvalue weighted by Gasteiger charge is 2.17. The molecule has 0 aromatic heterocycles. The van der Waals surface area contributed by atoms with Gasteiger partial charge in [-0.2, -0.15) is 0 Å². The van der Waals surface area contributed by atoms with Gasteiger partial charge in [0.25, 0.3) is 0 Å². The number of carbonyl (C=O) groups excluding carboxylic acids is 1. The standard InChI is InChI=1S/C15H23N3O2/c1-11(12(2)16)15(19)17-13-3-5-14(6-4-13)18-7-9-20-10-8-18/h3-6,11-12H,7-10,16H2,1-2H3,(H,17,19). The lowest BCUT2D eigenvalue weighted by atomic mass is 10.0. The first-order chi connectivity index (χ1) is 9.58. The van der Waals surface area contributed by atoms with E-state index in [4.69, 9.17) is 10.5 Å². The molecule has 1 aromatic carbocycles. The third-order valence-corrected chi connectivity index (χ3v) is 3.71. The second-order valence-electron chi connectivity index (χ2n) is 5.28. The molecule has 2 atom stereocenters. The Labute approximate surface area is 120 Å². The van der Waals surface area contributed by atoms with E-state index in [9.17, 15) is 4.79 Å². The van der Waals surface area contributed by atoms with Gasteiger partial charge in [-0.1, -0.05) is 6.92 Å². The van der Waals surface area contributed by atoms with E-state index in [0.717, 1.165) is 37.7 Å². The van der Waals surface area contributed by atoms with Crippen molar-refractivity contribution in [1.29, 1.82) is 0 Å². The molecule has 1 amide bonds. The van der Waals surface area contributed by atoms with Crippen molar-refractivity contribution in [2.24, 2.45) is 11.7 Å². The topological polar surface area (TPSA) is 67.6 Å². The van der Waals surface area contributed by atoms with Gasteiger partial charge in [-0.3, -0.25) is 4.79 Å². The first-order valence-electron chi connectivity index (χ1n) is 7.07. The molecule has 0 bridgehead atoms. The van der Waals surface area contributed by atoms with Crippen molar-refractivity contribution < 1.29 is 9.53 Å². The molecule has 2 unspecified atom stereocenters. The van der Waals surface area contributed by atoms with Gasteiger partial charge in [-0.15, -0.1) is 0 Å². The van der Waals surface area contributed by atoms with E-state index in [1.807, 2.05) is 38.1 Å². The summed E-state index contributed by atoms with van der Waals surface area (Å²) in [7, 11) is 0. The van der Waals surface area contributed by atoms with Crippen molar-refractivity contribution in [3.63, 3.8) is 0 Å². The van der Waals surface area contributed by atoms with Crippen molar-refractivity contribution >= 4 is 17.3 Å². The van der Waals surface area contributed by atoms with Gasteiger partial charge in [0.05, 0.1) is 19.1 Å². The van der Waals surface area contributed by atoms with Gasteiger partial charge >= 0.3 is 0 Å². The summed E-state index contributed by atoms with van der Waals surface area (Å²) in [6.45, 7) is 7.03. The highest BCUT2D eigenvalue weighted by atomic mass is 16.5. The number of carbonyl (C=O) groups is 1.